The number of rotatable bonds is 4. The standard InChI is InChI=1S/C13H16ClNO2/c1-8-7-10(14)3-6-12(8)17-9(2)13(16)15-11-4-5-11/h3,6-7,9,11H,4-5H2,1-2H3,(H,15,16)/t9-/m0/s1. The number of benzene rings is 1. The Balaban J connectivity index is 1.96. The fourth-order valence-electron chi connectivity index (χ4n) is 1.54. The highest BCUT2D eigenvalue weighted by atomic mass is 35.5. The van der Waals surface area contributed by atoms with Crippen LogP contribution in [0.3, 0.4) is 0 Å². The van der Waals surface area contributed by atoms with Crippen LogP contribution in [-0.4, -0.2) is 18.1 Å². The van der Waals surface area contributed by atoms with E-state index >= 15 is 0 Å². The zero-order chi connectivity index (χ0) is 12.4. The van der Waals surface area contributed by atoms with Crippen LogP contribution in [0.2, 0.25) is 5.02 Å². The first kappa shape index (κ1) is 12.2. The first-order valence-corrected chi connectivity index (χ1v) is 6.17. The molecular weight excluding hydrogens is 238 g/mol. The van der Waals surface area contributed by atoms with Gasteiger partial charge in [0, 0.05) is 11.1 Å². The molecule has 0 unspecified atom stereocenters. The number of nitrogens with one attached hydrogen (secondary N) is 1. The molecule has 0 heterocycles. The van der Waals surface area contributed by atoms with Crippen LogP contribution >= 0.6 is 11.6 Å². The van der Waals surface area contributed by atoms with E-state index in [9.17, 15) is 4.79 Å². The summed E-state index contributed by atoms with van der Waals surface area (Å²) >= 11 is 5.86. The summed E-state index contributed by atoms with van der Waals surface area (Å²) in [5.74, 6) is 0.648. The van der Waals surface area contributed by atoms with Gasteiger partial charge in [0.1, 0.15) is 5.75 Å². The molecule has 0 aromatic heterocycles. The van der Waals surface area contributed by atoms with Gasteiger partial charge in [-0.1, -0.05) is 11.6 Å². The Morgan fingerprint density at radius 1 is 1.53 bits per heavy atom. The largest absolute Gasteiger partial charge is 0.481 e. The molecule has 1 fully saturated rings. The van der Waals surface area contributed by atoms with Gasteiger partial charge in [-0.25, -0.2) is 0 Å². The maximum Gasteiger partial charge on any atom is 0.260 e. The number of carbonyl (C=O) groups is 1. The first-order chi connectivity index (χ1) is 8.06. The highest BCUT2D eigenvalue weighted by Crippen LogP contribution is 2.23. The zero-order valence-electron chi connectivity index (χ0n) is 10.00. The lowest BCUT2D eigenvalue weighted by atomic mass is 10.2. The van der Waals surface area contributed by atoms with Crippen molar-refractivity contribution < 1.29 is 9.53 Å². The van der Waals surface area contributed by atoms with Gasteiger partial charge in [0.25, 0.3) is 5.91 Å². The molecule has 1 aromatic carbocycles. The van der Waals surface area contributed by atoms with Gasteiger partial charge in [0.05, 0.1) is 0 Å². The van der Waals surface area contributed by atoms with E-state index in [0.29, 0.717) is 16.8 Å². The van der Waals surface area contributed by atoms with Gasteiger partial charge in [-0.3, -0.25) is 4.79 Å². The molecule has 1 aromatic rings. The molecule has 1 aliphatic carbocycles. The fraction of sp³-hybridized carbons (Fsp3) is 0.462. The van der Waals surface area contributed by atoms with E-state index < -0.39 is 6.10 Å². The Bertz CT molecular complexity index is 429. The molecule has 17 heavy (non-hydrogen) atoms. The molecule has 0 aliphatic heterocycles. The number of aryl methyl sites for hydroxylation is 1. The average molecular weight is 254 g/mol. The Kier molecular flexibility index (Phi) is 3.57. The average Bonchev–Trinajstić information content (AvgIpc) is 3.06. The van der Waals surface area contributed by atoms with Gasteiger partial charge in [0.2, 0.25) is 0 Å². The summed E-state index contributed by atoms with van der Waals surface area (Å²) in [5, 5.41) is 3.59. The van der Waals surface area contributed by atoms with Crippen LogP contribution in [0.4, 0.5) is 0 Å². The number of carbonyl (C=O) groups excluding carboxylic acids is 1. The number of ether oxygens (including phenoxy) is 1. The molecule has 0 spiro atoms. The molecule has 0 radical (unpaired) electrons. The van der Waals surface area contributed by atoms with Crippen molar-refractivity contribution in [2.45, 2.75) is 38.8 Å². The molecule has 92 valence electrons. The SMILES string of the molecule is Cc1cc(Cl)ccc1O[C@@H](C)C(=O)NC1CC1. The van der Waals surface area contributed by atoms with Crippen molar-refractivity contribution >= 4 is 17.5 Å². The number of amides is 1. The van der Waals surface area contributed by atoms with E-state index in [-0.39, 0.29) is 5.91 Å². The second-order valence-corrected chi connectivity index (χ2v) is 4.89. The van der Waals surface area contributed by atoms with Gasteiger partial charge in [0.15, 0.2) is 6.10 Å². The minimum atomic E-state index is -0.476. The molecule has 1 saturated carbocycles. The summed E-state index contributed by atoms with van der Waals surface area (Å²) in [6.45, 7) is 3.67. The second-order valence-electron chi connectivity index (χ2n) is 4.45. The van der Waals surface area contributed by atoms with Crippen LogP contribution in [0.15, 0.2) is 18.2 Å². The summed E-state index contributed by atoms with van der Waals surface area (Å²) in [6.07, 6.45) is 1.69. The number of halogens is 1. The van der Waals surface area contributed by atoms with Crippen molar-refractivity contribution in [3.8, 4) is 5.75 Å². The molecule has 4 heteroatoms. The van der Waals surface area contributed by atoms with Crippen molar-refractivity contribution in [2.75, 3.05) is 0 Å². The summed E-state index contributed by atoms with van der Waals surface area (Å²) in [4.78, 5) is 11.7. The van der Waals surface area contributed by atoms with E-state index in [1.807, 2.05) is 13.0 Å². The summed E-state index contributed by atoms with van der Waals surface area (Å²) in [7, 11) is 0. The Morgan fingerprint density at radius 3 is 2.82 bits per heavy atom. The van der Waals surface area contributed by atoms with Crippen LogP contribution < -0.4 is 10.1 Å². The van der Waals surface area contributed by atoms with E-state index in [1.54, 1.807) is 19.1 Å². The van der Waals surface area contributed by atoms with E-state index in [1.165, 1.54) is 0 Å². The predicted molar refractivity (Wildman–Crippen MR) is 67.4 cm³/mol. The van der Waals surface area contributed by atoms with Crippen molar-refractivity contribution in [3.05, 3.63) is 28.8 Å². The molecule has 2 rings (SSSR count). The topological polar surface area (TPSA) is 38.3 Å². The van der Waals surface area contributed by atoms with Crippen LogP contribution in [0.1, 0.15) is 25.3 Å². The third-order valence-electron chi connectivity index (χ3n) is 2.73. The minimum Gasteiger partial charge on any atom is -0.481 e. The predicted octanol–water partition coefficient (Wildman–Crippen LogP) is 2.69. The quantitative estimate of drug-likeness (QED) is 0.896. The monoisotopic (exact) mass is 253 g/mol. The first-order valence-electron chi connectivity index (χ1n) is 5.79. The normalized spacial score (nSPS) is 16.4. The van der Waals surface area contributed by atoms with E-state index in [4.69, 9.17) is 16.3 Å². The highest BCUT2D eigenvalue weighted by Gasteiger charge is 2.26. The van der Waals surface area contributed by atoms with Crippen molar-refractivity contribution in [3.63, 3.8) is 0 Å². The van der Waals surface area contributed by atoms with Crippen LogP contribution in [0.25, 0.3) is 0 Å². The van der Waals surface area contributed by atoms with E-state index in [2.05, 4.69) is 5.32 Å². The Hall–Kier alpha value is -1.22. The lowest BCUT2D eigenvalue weighted by molar-refractivity contribution is -0.127. The molecular formula is C13H16ClNO2. The minimum absolute atomic E-state index is 0.0538. The molecule has 1 N–H and O–H groups in total. The summed E-state index contributed by atoms with van der Waals surface area (Å²) in [5.41, 5.74) is 0.934. The Labute approximate surface area is 106 Å². The second kappa shape index (κ2) is 4.96. The van der Waals surface area contributed by atoms with Gasteiger partial charge in [-0.15, -0.1) is 0 Å². The summed E-state index contributed by atoms with van der Waals surface area (Å²) < 4.78 is 5.62. The lowest BCUT2D eigenvalue weighted by Gasteiger charge is -2.16. The lowest BCUT2D eigenvalue weighted by Crippen LogP contribution is -2.37. The molecule has 0 bridgehead atoms. The van der Waals surface area contributed by atoms with Crippen LogP contribution in [-0.2, 0) is 4.79 Å². The number of hydrogen-bond donors (Lipinski definition) is 1. The Morgan fingerprint density at radius 2 is 2.24 bits per heavy atom. The van der Waals surface area contributed by atoms with Crippen molar-refractivity contribution in [1.29, 1.82) is 0 Å². The molecule has 1 aliphatic rings. The van der Waals surface area contributed by atoms with Gasteiger partial charge >= 0.3 is 0 Å². The van der Waals surface area contributed by atoms with Crippen LogP contribution in [0.5, 0.6) is 5.75 Å². The zero-order valence-corrected chi connectivity index (χ0v) is 10.8. The molecule has 1 amide bonds. The van der Waals surface area contributed by atoms with Crippen molar-refractivity contribution in [2.24, 2.45) is 0 Å². The number of hydrogen-bond acceptors (Lipinski definition) is 2. The van der Waals surface area contributed by atoms with Crippen molar-refractivity contribution in [1.82, 2.24) is 5.32 Å². The van der Waals surface area contributed by atoms with Gasteiger partial charge in [-0.05, 0) is 50.5 Å². The highest BCUT2D eigenvalue weighted by molar-refractivity contribution is 6.30. The van der Waals surface area contributed by atoms with E-state index in [0.717, 1.165) is 18.4 Å². The summed E-state index contributed by atoms with van der Waals surface area (Å²) in [6, 6.07) is 5.73. The molecule has 0 saturated heterocycles. The third kappa shape index (κ3) is 3.37. The molecule has 3 nitrogen and oxygen atoms in total. The maximum atomic E-state index is 11.7. The molecule has 1 atom stereocenters. The maximum absolute atomic E-state index is 11.7. The fourth-order valence-corrected chi connectivity index (χ4v) is 1.76. The third-order valence-corrected chi connectivity index (χ3v) is 2.97. The smallest absolute Gasteiger partial charge is 0.260 e. The van der Waals surface area contributed by atoms with Gasteiger partial charge < -0.3 is 10.1 Å². The van der Waals surface area contributed by atoms with Gasteiger partial charge in [-0.2, -0.15) is 0 Å². The van der Waals surface area contributed by atoms with Crippen LogP contribution in [0, 0.1) is 6.92 Å².